The third-order valence-electron chi connectivity index (χ3n) is 4.74. The van der Waals surface area contributed by atoms with Crippen molar-refractivity contribution in [2.45, 2.75) is 13.0 Å². The summed E-state index contributed by atoms with van der Waals surface area (Å²) < 4.78 is 21.6. The van der Waals surface area contributed by atoms with Gasteiger partial charge in [0.25, 0.3) is 0 Å². The predicted octanol–water partition coefficient (Wildman–Crippen LogP) is 2.71. The second-order valence-corrected chi connectivity index (χ2v) is 6.48. The van der Waals surface area contributed by atoms with Crippen molar-refractivity contribution >= 4 is 11.5 Å². The molecule has 7 heteroatoms. The van der Waals surface area contributed by atoms with E-state index in [-0.39, 0.29) is 5.91 Å². The molecule has 28 heavy (non-hydrogen) atoms. The molecule has 150 valence electrons. The summed E-state index contributed by atoms with van der Waals surface area (Å²) in [6.07, 6.45) is 4.51. The summed E-state index contributed by atoms with van der Waals surface area (Å²) in [7, 11) is 4.89. The van der Waals surface area contributed by atoms with Crippen LogP contribution in [-0.2, 0) is 11.3 Å². The van der Waals surface area contributed by atoms with Gasteiger partial charge in [-0.15, -0.1) is 0 Å². The molecule has 0 saturated heterocycles. The Balaban J connectivity index is 1.64. The van der Waals surface area contributed by atoms with Crippen molar-refractivity contribution in [2.24, 2.45) is 0 Å². The Bertz CT molecular complexity index is 804. The fraction of sp³-hybridized carbons (Fsp3) is 0.381. The second-order valence-electron chi connectivity index (χ2n) is 6.48. The molecule has 1 aromatic heterocycles. The fourth-order valence-electron chi connectivity index (χ4n) is 3.26. The molecule has 1 aliphatic heterocycles. The van der Waals surface area contributed by atoms with Gasteiger partial charge in [0.05, 0.1) is 46.2 Å². The highest BCUT2D eigenvalue weighted by Gasteiger charge is 2.21. The van der Waals surface area contributed by atoms with Crippen LogP contribution in [0, 0.1) is 0 Å². The third-order valence-corrected chi connectivity index (χ3v) is 4.74. The van der Waals surface area contributed by atoms with Crippen LogP contribution in [-0.4, -0.2) is 51.8 Å². The molecule has 1 aromatic carbocycles. The molecule has 3 rings (SSSR count). The zero-order valence-electron chi connectivity index (χ0n) is 16.5. The highest BCUT2D eigenvalue weighted by atomic mass is 16.5. The molecule has 1 amide bonds. The number of nitrogens with zero attached hydrogens (tertiary/aromatic N) is 1. The Morgan fingerprint density at radius 2 is 1.93 bits per heavy atom. The number of carbonyl (C=O) groups is 1. The molecule has 1 aliphatic rings. The zero-order valence-corrected chi connectivity index (χ0v) is 16.5. The molecular formula is C21H26N2O5. The highest BCUT2D eigenvalue weighted by Crippen LogP contribution is 2.40. The first-order valence-corrected chi connectivity index (χ1v) is 9.15. The zero-order chi connectivity index (χ0) is 19.9. The molecule has 7 nitrogen and oxygen atoms in total. The van der Waals surface area contributed by atoms with Crippen LogP contribution in [0.1, 0.15) is 17.7 Å². The van der Waals surface area contributed by atoms with E-state index in [2.05, 4.69) is 16.3 Å². The van der Waals surface area contributed by atoms with Gasteiger partial charge >= 0.3 is 0 Å². The number of amides is 1. The third kappa shape index (κ3) is 4.67. The smallest absolute Gasteiger partial charge is 0.234 e. The number of benzene rings is 1. The minimum atomic E-state index is -0.0205. The van der Waals surface area contributed by atoms with E-state index in [1.165, 1.54) is 0 Å². The molecule has 0 bridgehead atoms. The van der Waals surface area contributed by atoms with Crippen LogP contribution in [0.4, 0.5) is 0 Å². The van der Waals surface area contributed by atoms with Crippen LogP contribution < -0.4 is 19.5 Å². The van der Waals surface area contributed by atoms with Crippen molar-refractivity contribution in [3.63, 3.8) is 0 Å². The summed E-state index contributed by atoms with van der Waals surface area (Å²) in [4.78, 5) is 14.3. The topological polar surface area (TPSA) is 73.2 Å². The average Bonchev–Trinajstić information content (AvgIpc) is 3.25. The van der Waals surface area contributed by atoms with Gasteiger partial charge in [0.2, 0.25) is 5.91 Å². The van der Waals surface area contributed by atoms with E-state index in [1.807, 2.05) is 18.2 Å². The van der Waals surface area contributed by atoms with E-state index in [0.717, 1.165) is 29.9 Å². The quantitative estimate of drug-likeness (QED) is 0.752. The fourth-order valence-corrected chi connectivity index (χ4v) is 3.26. The lowest BCUT2D eigenvalue weighted by atomic mass is 9.97. The number of rotatable bonds is 8. The van der Waals surface area contributed by atoms with Crippen LogP contribution in [0.2, 0.25) is 0 Å². The summed E-state index contributed by atoms with van der Waals surface area (Å²) in [5.74, 6) is 2.84. The SMILES string of the molecule is COc1cc(OC)c(C2=CCN(CC(=O)NCc3ccco3)CC2)c(OC)c1. The molecule has 2 aromatic rings. The monoisotopic (exact) mass is 386 g/mol. The molecule has 1 N–H and O–H groups in total. The van der Waals surface area contributed by atoms with Gasteiger partial charge < -0.3 is 23.9 Å². The van der Waals surface area contributed by atoms with E-state index < -0.39 is 0 Å². The number of methoxy groups -OCH3 is 3. The molecule has 0 aliphatic carbocycles. The Labute approximate surface area is 164 Å². The molecule has 0 fully saturated rings. The molecular weight excluding hydrogens is 360 g/mol. The summed E-state index contributed by atoms with van der Waals surface area (Å²) >= 11 is 0. The number of hydrogen-bond acceptors (Lipinski definition) is 6. The van der Waals surface area contributed by atoms with Crippen molar-refractivity contribution in [1.82, 2.24) is 10.2 Å². The van der Waals surface area contributed by atoms with Crippen LogP contribution in [0.3, 0.4) is 0 Å². The van der Waals surface area contributed by atoms with E-state index in [4.69, 9.17) is 18.6 Å². The number of furan rings is 1. The average molecular weight is 386 g/mol. The van der Waals surface area contributed by atoms with Gasteiger partial charge in [0.1, 0.15) is 23.0 Å². The lowest BCUT2D eigenvalue weighted by Gasteiger charge is -2.27. The molecule has 0 saturated carbocycles. The number of carbonyl (C=O) groups excluding carboxylic acids is 1. The van der Waals surface area contributed by atoms with Crippen molar-refractivity contribution in [3.05, 3.63) is 47.9 Å². The Hall–Kier alpha value is -2.93. The second kappa shape index (κ2) is 9.32. The van der Waals surface area contributed by atoms with Crippen molar-refractivity contribution < 1.29 is 23.4 Å². The minimum Gasteiger partial charge on any atom is -0.496 e. The first kappa shape index (κ1) is 19.8. The number of ether oxygens (including phenoxy) is 3. The van der Waals surface area contributed by atoms with Crippen molar-refractivity contribution in [3.8, 4) is 17.2 Å². The summed E-state index contributed by atoms with van der Waals surface area (Å²) in [6, 6.07) is 7.35. The summed E-state index contributed by atoms with van der Waals surface area (Å²) in [6.45, 7) is 2.21. The molecule has 2 heterocycles. The molecule has 0 radical (unpaired) electrons. The Kier molecular flexibility index (Phi) is 6.60. The van der Waals surface area contributed by atoms with E-state index in [0.29, 0.717) is 36.9 Å². The van der Waals surface area contributed by atoms with Gasteiger partial charge in [-0.2, -0.15) is 0 Å². The minimum absolute atomic E-state index is 0.0205. The molecule has 0 unspecified atom stereocenters. The first-order valence-electron chi connectivity index (χ1n) is 9.15. The summed E-state index contributed by atoms with van der Waals surface area (Å²) in [5.41, 5.74) is 2.08. The van der Waals surface area contributed by atoms with Gasteiger partial charge in [0.15, 0.2) is 0 Å². The van der Waals surface area contributed by atoms with Crippen LogP contribution in [0.5, 0.6) is 17.2 Å². The standard InChI is InChI=1S/C21H26N2O5/c1-25-17-11-18(26-2)21(19(12-17)27-3)15-6-8-23(9-7-15)14-20(24)22-13-16-5-4-10-28-16/h4-6,10-12H,7-9,13-14H2,1-3H3,(H,22,24). The van der Waals surface area contributed by atoms with E-state index >= 15 is 0 Å². The maximum Gasteiger partial charge on any atom is 0.234 e. The lowest BCUT2D eigenvalue weighted by Crippen LogP contribution is -2.39. The predicted molar refractivity (Wildman–Crippen MR) is 106 cm³/mol. The van der Waals surface area contributed by atoms with Crippen LogP contribution in [0.15, 0.2) is 41.0 Å². The normalized spacial score (nSPS) is 14.3. The van der Waals surface area contributed by atoms with Gasteiger partial charge in [-0.1, -0.05) is 6.08 Å². The van der Waals surface area contributed by atoms with Gasteiger partial charge in [0, 0.05) is 25.2 Å². The van der Waals surface area contributed by atoms with Crippen LogP contribution in [0.25, 0.3) is 5.57 Å². The van der Waals surface area contributed by atoms with Crippen LogP contribution >= 0.6 is 0 Å². The maximum atomic E-state index is 12.2. The Morgan fingerprint density at radius 3 is 2.46 bits per heavy atom. The summed E-state index contributed by atoms with van der Waals surface area (Å²) in [5, 5.41) is 2.88. The van der Waals surface area contributed by atoms with Crippen molar-refractivity contribution in [1.29, 1.82) is 0 Å². The maximum absolute atomic E-state index is 12.2. The van der Waals surface area contributed by atoms with Gasteiger partial charge in [-0.25, -0.2) is 0 Å². The highest BCUT2D eigenvalue weighted by molar-refractivity contribution is 5.79. The largest absolute Gasteiger partial charge is 0.496 e. The van der Waals surface area contributed by atoms with Gasteiger partial charge in [-0.05, 0) is 24.1 Å². The van der Waals surface area contributed by atoms with E-state index in [9.17, 15) is 4.79 Å². The Morgan fingerprint density at radius 1 is 1.18 bits per heavy atom. The number of nitrogens with one attached hydrogen (secondary N) is 1. The van der Waals surface area contributed by atoms with Gasteiger partial charge in [-0.3, -0.25) is 9.69 Å². The van der Waals surface area contributed by atoms with Crippen molar-refractivity contribution in [2.75, 3.05) is 41.0 Å². The lowest BCUT2D eigenvalue weighted by molar-refractivity contribution is -0.122. The molecule has 0 atom stereocenters. The first-order chi connectivity index (χ1) is 13.6. The molecule has 0 spiro atoms. The van der Waals surface area contributed by atoms with E-state index in [1.54, 1.807) is 33.7 Å². The number of hydrogen-bond donors (Lipinski definition) is 1.